The van der Waals surface area contributed by atoms with Crippen molar-refractivity contribution in [3.63, 3.8) is 0 Å². The fourth-order valence-electron chi connectivity index (χ4n) is 1.40. The fraction of sp³-hybridized carbons (Fsp3) is 0.300. The number of hydrogen-bond acceptors (Lipinski definition) is 3. The van der Waals surface area contributed by atoms with Gasteiger partial charge in [0.2, 0.25) is 0 Å². The van der Waals surface area contributed by atoms with Crippen molar-refractivity contribution in [1.29, 1.82) is 0 Å². The number of thiophene rings is 1. The van der Waals surface area contributed by atoms with Gasteiger partial charge in [0.1, 0.15) is 5.82 Å². The average Bonchev–Trinajstić information content (AvgIpc) is 2.75. The summed E-state index contributed by atoms with van der Waals surface area (Å²) in [6, 6.07) is 2.05. The molecule has 80 valence electrons. The highest BCUT2D eigenvalue weighted by Crippen LogP contribution is 2.28. The van der Waals surface area contributed by atoms with Crippen molar-refractivity contribution >= 4 is 27.3 Å². The second-order valence-corrected chi connectivity index (χ2v) is 5.08. The Hall–Kier alpha value is -0.650. The summed E-state index contributed by atoms with van der Waals surface area (Å²) in [5.74, 6) is 0.914. The first-order valence-corrected chi connectivity index (χ1v) is 6.25. The summed E-state index contributed by atoms with van der Waals surface area (Å²) < 4.78 is 3.04. The maximum Gasteiger partial charge on any atom is 0.111 e. The number of hydrogen-bond donors (Lipinski definition) is 1. The van der Waals surface area contributed by atoms with Crippen LogP contribution in [0.25, 0.3) is 10.6 Å². The highest BCUT2D eigenvalue weighted by Gasteiger charge is 2.08. The minimum atomic E-state index is 0.137. The number of aryl methyl sites for hydroxylation is 1. The minimum absolute atomic E-state index is 0.137. The molecule has 2 heterocycles. The molecule has 3 nitrogen and oxygen atoms in total. The van der Waals surface area contributed by atoms with E-state index in [4.69, 9.17) is 5.11 Å². The van der Waals surface area contributed by atoms with Crippen LogP contribution in [0.5, 0.6) is 0 Å². The Bertz CT molecular complexity index is 464. The number of aliphatic hydroxyl groups is 1. The summed E-state index contributed by atoms with van der Waals surface area (Å²) in [5.41, 5.74) is 0.969. The zero-order chi connectivity index (χ0) is 10.8. The van der Waals surface area contributed by atoms with E-state index >= 15 is 0 Å². The predicted octanol–water partition coefficient (Wildman–Crippen LogP) is 2.45. The molecule has 0 saturated heterocycles. The third-order valence-electron chi connectivity index (χ3n) is 2.13. The minimum Gasteiger partial charge on any atom is -0.396 e. The Balaban J connectivity index is 2.33. The van der Waals surface area contributed by atoms with E-state index in [1.165, 1.54) is 0 Å². The number of halogens is 1. The van der Waals surface area contributed by atoms with Crippen molar-refractivity contribution in [2.75, 3.05) is 6.61 Å². The number of nitrogens with zero attached hydrogens (tertiary/aromatic N) is 2. The smallest absolute Gasteiger partial charge is 0.111 e. The lowest BCUT2D eigenvalue weighted by molar-refractivity contribution is 0.295. The molecule has 0 aliphatic rings. The van der Waals surface area contributed by atoms with Gasteiger partial charge in [-0.1, -0.05) is 0 Å². The van der Waals surface area contributed by atoms with E-state index in [1.54, 1.807) is 11.3 Å². The molecule has 1 N–H and O–H groups in total. The lowest BCUT2D eigenvalue weighted by Crippen LogP contribution is -1.99. The standard InChI is InChI=1S/C10H11BrN2OS/c1-13-5-8(12-10(13)2-3-14)9-4-7(11)6-15-9/h4-6,14H,2-3H2,1H3. The van der Waals surface area contributed by atoms with Gasteiger partial charge in [-0.15, -0.1) is 11.3 Å². The molecule has 0 fully saturated rings. The lowest BCUT2D eigenvalue weighted by atomic mass is 10.4. The Morgan fingerprint density at radius 3 is 3.00 bits per heavy atom. The van der Waals surface area contributed by atoms with Crippen molar-refractivity contribution in [1.82, 2.24) is 9.55 Å². The van der Waals surface area contributed by atoms with E-state index in [1.807, 2.05) is 23.2 Å². The molecular weight excluding hydrogens is 276 g/mol. The molecule has 5 heteroatoms. The third-order valence-corrected chi connectivity index (χ3v) is 3.84. The zero-order valence-corrected chi connectivity index (χ0v) is 10.7. The van der Waals surface area contributed by atoms with Gasteiger partial charge in [0.15, 0.2) is 0 Å². The van der Waals surface area contributed by atoms with Crippen molar-refractivity contribution in [2.45, 2.75) is 6.42 Å². The van der Waals surface area contributed by atoms with Crippen LogP contribution in [0, 0.1) is 0 Å². The molecule has 2 aromatic heterocycles. The molecule has 0 aromatic carbocycles. The van der Waals surface area contributed by atoms with Gasteiger partial charge in [-0.05, 0) is 22.0 Å². The van der Waals surface area contributed by atoms with Crippen LogP contribution >= 0.6 is 27.3 Å². The molecule has 0 amide bonds. The molecule has 0 atom stereocenters. The van der Waals surface area contributed by atoms with Crippen LogP contribution in [0.3, 0.4) is 0 Å². The van der Waals surface area contributed by atoms with E-state index < -0.39 is 0 Å². The normalized spacial score (nSPS) is 10.9. The largest absolute Gasteiger partial charge is 0.396 e. The monoisotopic (exact) mass is 286 g/mol. The molecule has 0 aliphatic carbocycles. The van der Waals surface area contributed by atoms with Crippen LogP contribution in [0.2, 0.25) is 0 Å². The maximum absolute atomic E-state index is 8.87. The SMILES string of the molecule is Cn1cc(-c2cc(Br)cs2)nc1CCO. The molecule has 15 heavy (non-hydrogen) atoms. The summed E-state index contributed by atoms with van der Waals surface area (Å²) in [6.07, 6.45) is 2.59. The second kappa shape index (κ2) is 4.47. The Morgan fingerprint density at radius 2 is 2.40 bits per heavy atom. The van der Waals surface area contributed by atoms with Crippen LogP contribution in [-0.2, 0) is 13.5 Å². The Kier molecular flexibility index (Phi) is 3.23. The van der Waals surface area contributed by atoms with Crippen molar-refractivity contribution < 1.29 is 5.11 Å². The number of aromatic nitrogens is 2. The van der Waals surface area contributed by atoms with Gasteiger partial charge in [0.05, 0.1) is 17.2 Å². The van der Waals surface area contributed by atoms with Gasteiger partial charge in [-0.25, -0.2) is 4.98 Å². The highest BCUT2D eigenvalue weighted by molar-refractivity contribution is 9.10. The summed E-state index contributed by atoms with van der Waals surface area (Å²) in [7, 11) is 1.95. The summed E-state index contributed by atoms with van der Waals surface area (Å²) in [4.78, 5) is 5.62. The molecule has 0 radical (unpaired) electrons. The van der Waals surface area contributed by atoms with Crippen LogP contribution in [0.1, 0.15) is 5.82 Å². The van der Waals surface area contributed by atoms with Gasteiger partial charge in [-0.3, -0.25) is 0 Å². The highest BCUT2D eigenvalue weighted by atomic mass is 79.9. The summed E-state index contributed by atoms with van der Waals surface area (Å²) >= 11 is 5.08. The molecule has 0 bridgehead atoms. The molecule has 0 unspecified atom stereocenters. The Labute approximate surface area is 101 Å². The van der Waals surface area contributed by atoms with Gasteiger partial charge >= 0.3 is 0 Å². The first kappa shape index (κ1) is 10.9. The molecular formula is C10H11BrN2OS. The van der Waals surface area contributed by atoms with Crippen molar-refractivity contribution in [3.05, 3.63) is 27.9 Å². The lowest BCUT2D eigenvalue weighted by Gasteiger charge is -1.95. The zero-order valence-electron chi connectivity index (χ0n) is 8.27. The van der Waals surface area contributed by atoms with Gasteiger partial charge in [0.25, 0.3) is 0 Å². The quantitative estimate of drug-likeness (QED) is 0.941. The van der Waals surface area contributed by atoms with E-state index in [-0.39, 0.29) is 6.61 Å². The third kappa shape index (κ3) is 2.30. The Morgan fingerprint density at radius 1 is 1.60 bits per heavy atom. The molecule has 2 aromatic rings. The maximum atomic E-state index is 8.87. The van der Waals surface area contributed by atoms with E-state index in [9.17, 15) is 0 Å². The van der Waals surface area contributed by atoms with Crippen LogP contribution in [0.15, 0.2) is 22.1 Å². The van der Waals surface area contributed by atoms with Crippen LogP contribution in [0.4, 0.5) is 0 Å². The predicted molar refractivity (Wildman–Crippen MR) is 65.0 cm³/mol. The van der Waals surface area contributed by atoms with Crippen LogP contribution < -0.4 is 0 Å². The van der Waals surface area contributed by atoms with E-state index in [2.05, 4.69) is 27.0 Å². The number of imidazole rings is 1. The topological polar surface area (TPSA) is 38.0 Å². The van der Waals surface area contributed by atoms with E-state index in [0.29, 0.717) is 6.42 Å². The fourth-order valence-corrected chi connectivity index (χ4v) is 2.79. The van der Waals surface area contributed by atoms with Gasteiger partial charge < -0.3 is 9.67 Å². The summed E-state index contributed by atoms with van der Waals surface area (Å²) in [6.45, 7) is 0.137. The second-order valence-electron chi connectivity index (χ2n) is 3.26. The van der Waals surface area contributed by atoms with Crippen molar-refractivity contribution in [2.24, 2.45) is 7.05 Å². The molecule has 2 rings (SSSR count). The first-order valence-electron chi connectivity index (χ1n) is 4.58. The molecule has 0 aliphatic heterocycles. The van der Waals surface area contributed by atoms with E-state index in [0.717, 1.165) is 20.9 Å². The molecule has 0 spiro atoms. The van der Waals surface area contributed by atoms with Crippen molar-refractivity contribution in [3.8, 4) is 10.6 Å². The van der Waals surface area contributed by atoms with Crippen LogP contribution in [-0.4, -0.2) is 21.3 Å². The first-order chi connectivity index (χ1) is 7.20. The molecule has 0 saturated carbocycles. The summed E-state index contributed by atoms with van der Waals surface area (Å²) in [5, 5.41) is 10.9. The van der Waals surface area contributed by atoms with Gasteiger partial charge in [-0.2, -0.15) is 0 Å². The number of rotatable bonds is 3. The number of aliphatic hydroxyl groups excluding tert-OH is 1. The van der Waals surface area contributed by atoms with Gasteiger partial charge in [0, 0.05) is 29.5 Å². The average molecular weight is 287 g/mol.